The Balaban J connectivity index is 1.83. The third-order valence-electron chi connectivity index (χ3n) is 4.19. The Morgan fingerprint density at radius 2 is 1.62 bits per heavy atom. The van der Waals surface area contributed by atoms with Crippen molar-refractivity contribution in [2.45, 2.75) is 13.0 Å². The number of anilines is 1. The Hall–Kier alpha value is -2.78. The number of hydrogen-bond acceptors (Lipinski definition) is 2. The van der Waals surface area contributed by atoms with Crippen LogP contribution in [0.2, 0.25) is 5.02 Å². The Kier molecular flexibility index (Phi) is 5.92. The number of nitrogens with zero attached hydrogens (tertiary/aromatic N) is 1. The van der Waals surface area contributed by atoms with Gasteiger partial charge in [0.15, 0.2) is 6.21 Å². The Morgan fingerprint density at radius 1 is 0.962 bits per heavy atom. The molecule has 0 saturated carbocycles. The summed E-state index contributed by atoms with van der Waals surface area (Å²) < 4.78 is 1.000. The summed E-state index contributed by atoms with van der Waals surface area (Å²) >= 11 is 5.92. The van der Waals surface area contributed by atoms with E-state index < -0.39 is 0 Å². The fourth-order valence-corrected chi connectivity index (χ4v) is 2.83. The van der Waals surface area contributed by atoms with Crippen molar-refractivity contribution < 1.29 is 4.74 Å². The second-order valence-electron chi connectivity index (χ2n) is 6.21. The van der Waals surface area contributed by atoms with Crippen LogP contribution in [0.1, 0.15) is 22.7 Å². The molecule has 3 rings (SSSR count). The molecule has 0 amide bonds. The third-order valence-corrected chi connectivity index (χ3v) is 4.44. The van der Waals surface area contributed by atoms with Crippen molar-refractivity contribution in [2.24, 2.45) is 0 Å². The van der Waals surface area contributed by atoms with Crippen molar-refractivity contribution in [3.05, 3.63) is 106 Å². The smallest absolute Gasteiger partial charge is 0.205 e. The maximum Gasteiger partial charge on any atom is 0.205 e. The monoisotopic (exact) mass is 364 g/mol. The summed E-state index contributed by atoms with van der Waals surface area (Å²) in [7, 11) is 0. The Morgan fingerprint density at radius 3 is 2.27 bits per heavy atom. The van der Waals surface area contributed by atoms with Crippen molar-refractivity contribution in [3.63, 3.8) is 0 Å². The highest BCUT2D eigenvalue weighted by Crippen LogP contribution is 2.19. The van der Waals surface area contributed by atoms with Crippen molar-refractivity contribution in [1.82, 2.24) is 0 Å². The molecule has 1 N–H and O–H groups in total. The second-order valence-corrected chi connectivity index (χ2v) is 6.65. The van der Waals surface area contributed by atoms with Crippen LogP contribution in [0.15, 0.2) is 78.9 Å². The van der Waals surface area contributed by atoms with Gasteiger partial charge in [0, 0.05) is 21.8 Å². The molecule has 0 spiro atoms. The summed E-state index contributed by atoms with van der Waals surface area (Å²) in [6.45, 7) is 2.55. The number of benzene rings is 3. The predicted molar refractivity (Wildman–Crippen MR) is 109 cm³/mol. The minimum Gasteiger partial charge on any atom is -0.623 e. The van der Waals surface area contributed by atoms with E-state index in [9.17, 15) is 5.21 Å². The van der Waals surface area contributed by atoms with Crippen molar-refractivity contribution in [1.29, 1.82) is 0 Å². The fraction of sp³-hybridized carbons (Fsp3) is 0.136. The molecule has 0 aliphatic rings. The molecule has 0 aromatic heterocycles. The average molecular weight is 365 g/mol. The zero-order chi connectivity index (χ0) is 18.4. The first kappa shape index (κ1) is 18.0. The lowest BCUT2D eigenvalue weighted by Crippen LogP contribution is -2.23. The molecule has 0 radical (unpaired) electrons. The lowest BCUT2D eigenvalue weighted by molar-refractivity contribution is -0.499. The maximum absolute atomic E-state index is 12.9. The Bertz CT molecular complexity index is 859. The van der Waals surface area contributed by atoms with Crippen LogP contribution in [0, 0.1) is 12.1 Å². The van der Waals surface area contributed by atoms with Crippen LogP contribution in [-0.2, 0) is 0 Å². The lowest BCUT2D eigenvalue weighted by Gasteiger charge is -2.19. The molecule has 1 unspecified atom stereocenters. The molecule has 132 valence electrons. The topological polar surface area (TPSA) is 38.1 Å². The highest BCUT2D eigenvalue weighted by molar-refractivity contribution is 6.30. The molecule has 3 nitrogen and oxygen atoms in total. The molecule has 0 saturated heterocycles. The van der Waals surface area contributed by atoms with Gasteiger partial charge in [0.2, 0.25) is 6.04 Å². The molecular weight excluding hydrogens is 344 g/mol. The van der Waals surface area contributed by atoms with Crippen molar-refractivity contribution in [2.75, 3.05) is 11.9 Å². The Labute approximate surface area is 159 Å². The lowest BCUT2D eigenvalue weighted by atomic mass is 10.1. The number of hydrogen-bond donors (Lipinski definition) is 1. The highest BCUT2D eigenvalue weighted by Gasteiger charge is 2.18. The molecule has 26 heavy (non-hydrogen) atoms. The minimum atomic E-state index is -0.340. The quantitative estimate of drug-likeness (QED) is 0.274. The van der Waals surface area contributed by atoms with Gasteiger partial charge in [-0.3, -0.25) is 0 Å². The summed E-state index contributed by atoms with van der Waals surface area (Å²) in [6, 6.07) is 24.8. The van der Waals surface area contributed by atoms with Crippen LogP contribution < -0.4 is 5.32 Å². The third kappa shape index (κ3) is 4.87. The van der Waals surface area contributed by atoms with Crippen LogP contribution >= 0.6 is 11.6 Å². The van der Waals surface area contributed by atoms with E-state index in [1.54, 1.807) is 18.3 Å². The minimum absolute atomic E-state index is 0.340. The van der Waals surface area contributed by atoms with E-state index in [0.29, 0.717) is 11.6 Å². The van der Waals surface area contributed by atoms with Crippen LogP contribution in [0.4, 0.5) is 5.69 Å². The second kappa shape index (κ2) is 8.54. The first-order valence-electron chi connectivity index (χ1n) is 8.53. The maximum atomic E-state index is 12.9. The van der Waals surface area contributed by atoms with E-state index in [4.69, 9.17) is 11.6 Å². The average Bonchev–Trinajstić information content (AvgIpc) is 2.66. The number of hydroxylamine groups is 1. The SMILES string of the molecule is Cc1ccc(NCC(c2ccccc2)/[N+]([O-])=C/c2ccc(Cl)cc2)cc1. The van der Waals surface area contributed by atoms with Gasteiger partial charge in [-0.05, 0) is 43.3 Å². The van der Waals surface area contributed by atoms with Gasteiger partial charge >= 0.3 is 0 Å². The molecular formula is C22H21ClN2O. The van der Waals surface area contributed by atoms with Gasteiger partial charge in [0.05, 0.1) is 6.54 Å². The van der Waals surface area contributed by atoms with Gasteiger partial charge in [-0.15, -0.1) is 0 Å². The summed E-state index contributed by atoms with van der Waals surface area (Å²) in [5, 5.41) is 16.9. The first-order chi connectivity index (χ1) is 12.6. The van der Waals surface area contributed by atoms with Gasteiger partial charge < -0.3 is 10.5 Å². The van der Waals surface area contributed by atoms with E-state index in [1.165, 1.54) is 5.56 Å². The van der Waals surface area contributed by atoms with Gasteiger partial charge in [0.25, 0.3) is 0 Å². The zero-order valence-corrected chi connectivity index (χ0v) is 15.4. The van der Waals surface area contributed by atoms with Gasteiger partial charge in [-0.2, -0.15) is 0 Å². The predicted octanol–water partition coefficient (Wildman–Crippen LogP) is 5.43. The van der Waals surface area contributed by atoms with E-state index in [0.717, 1.165) is 21.6 Å². The van der Waals surface area contributed by atoms with Crippen LogP contribution in [0.25, 0.3) is 0 Å². The van der Waals surface area contributed by atoms with Gasteiger partial charge in [-0.1, -0.05) is 59.6 Å². The van der Waals surface area contributed by atoms with Crippen LogP contribution in [0.3, 0.4) is 0 Å². The van der Waals surface area contributed by atoms with Crippen molar-refractivity contribution in [3.8, 4) is 0 Å². The number of rotatable bonds is 6. The number of halogens is 1. The van der Waals surface area contributed by atoms with Crippen LogP contribution in [0.5, 0.6) is 0 Å². The largest absolute Gasteiger partial charge is 0.623 e. The van der Waals surface area contributed by atoms with Crippen molar-refractivity contribution >= 4 is 23.5 Å². The van der Waals surface area contributed by atoms with E-state index in [-0.39, 0.29) is 6.04 Å². The number of nitrogens with one attached hydrogen (secondary N) is 1. The summed E-state index contributed by atoms with van der Waals surface area (Å²) in [6.07, 6.45) is 1.60. The molecule has 3 aromatic carbocycles. The molecule has 0 aliphatic heterocycles. The highest BCUT2D eigenvalue weighted by atomic mass is 35.5. The molecule has 0 bridgehead atoms. The molecule has 1 atom stereocenters. The van der Waals surface area contributed by atoms with E-state index in [1.807, 2.05) is 54.6 Å². The molecule has 4 heteroatoms. The fourth-order valence-electron chi connectivity index (χ4n) is 2.70. The molecule has 0 fully saturated rings. The van der Waals surface area contributed by atoms with E-state index in [2.05, 4.69) is 24.4 Å². The molecule has 0 aliphatic carbocycles. The standard InChI is InChI=1S/C22H21ClN2O/c1-17-7-13-21(14-8-17)24-15-22(19-5-3-2-4-6-19)25(26)16-18-9-11-20(23)12-10-18/h2-14,16,22,24H,15H2,1H3/b25-16-. The zero-order valence-electron chi connectivity index (χ0n) is 14.6. The van der Waals surface area contributed by atoms with Crippen LogP contribution in [-0.4, -0.2) is 17.5 Å². The first-order valence-corrected chi connectivity index (χ1v) is 8.91. The summed E-state index contributed by atoms with van der Waals surface area (Å²) in [5.41, 5.74) is 3.99. The van der Waals surface area contributed by atoms with E-state index >= 15 is 0 Å². The molecule has 0 heterocycles. The summed E-state index contributed by atoms with van der Waals surface area (Å²) in [5.74, 6) is 0. The molecule has 3 aromatic rings. The normalized spacial score (nSPS) is 12.6. The number of aryl methyl sites for hydroxylation is 1. The summed E-state index contributed by atoms with van der Waals surface area (Å²) in [4.78, 5) is 0. The van der Waals surface area contributed by atoms with Gasteiger partial charge in [0.1, 0.15) is 0 Å². The van der Waals surface area contributed by atoms with Gasteiger partial charge in [-0.25, -0.2) is 4.74 Å².